The summed E-state index contributed by atoms with van der Waals surface area (Å²) in [7, 11) is 0. The van der Waals surface area contributed by atoms with Crippen LogP contribution < -0.4 is 11.1 Å². The number of furan rings is 1. The molecule has 0 spiro atoms. The van der Waals surface area contributed by atoms with Crippen LogP contribution >= 0.6 is 0 Å². The van der Waals surface area contributed by atoms with Crippen molar-refractivity contribution in [1.29, 1.82) is 0 Å². The number of aromatic nitrogens is 2. The number of carbonyl (C=O) groups excluding carboxylic acids is 1. The van der Waals surface area contributed by atoms with Crippen LogP contribution in [0.1, 0.15) is 16.1 Å². The van der Waals surface area contributed by atoms with Crippen LogP contribution in [-0.2, 0) is 0 Å². The van der Waals surface area contributed by atoms with Gasteiger partial charge in [0.1, 0.15) is 11.3 Å². The lowest BCUT2D eigenvalue weighted by atomic mass is 10.2. The summed E-state index contributed by atoms with van der Waals surface area (Å²) in [5.74, 6) is 0.471. The number of rotatable bonds is 2. The molecule has 0 aliphatic rings. The van der Waals surface area contributed by atoms with Crippen molar-refractivity contribution in [1.82, 2.24) is 15.5 Å². The van der Waals surface area contributed by atoms with E-state index in [1.807, 2.05) is 25.1 Å². The highest BCUT2D eigenvalue weighted by molar-refractivity contribution is 6.05. The molecule has 0 radical (unpaired) electrons. The van der Waals surface area contributed by atoms with E-state index in [0.29, 0.717) is 11.3 Å². The van der Waals surface area contributed by atoms with Crippen molar-refractivity contribution in [3.63, 3.8) is 0 Å². The van der Waals surface area contributed by atoms with E-state index in [-0.39, 0.29) is 11.9 Å². The second-order valence-electron chi connectivity index (χ2n) is 4.52. The fourth-order valence-electron chi connectivity index (χ4n) is 1.96. The molecule has 3 aromatic rings. The zero-order chi connectivity index (χ0) is 14.8. The van der Waals surface area contributed by atoms with Crippen LogP contribution in [0.25, 0.3) is 11.0 Å². The molecule has 0 saturated heterocycles. The number of carbonyl (C=O) groups is 1. The Morgan fingerprint density at radius 3 is 3.05 bits per heavy atom. The van der Waals surface area contributed by atoms with Gasteiger partial charge < -0.3 is 10.2 Å². The van der Waals surface area contributed by atoms with Gasteiger partial charge in [0.05, 0.1) is 17.4 Å². The van der Waals surface area contributed by atoms with Crippen LogP contribution in [-0.4, -0.2) is 22.1 Å². The van der Waals surface area contributed by atoms with E-state index >= 15 is 0 Å². The number of nitrogens with two attached hydrogens (primary N) is 1. The molecular weight excluding hydrogens is 270 g/mol. The molecule has 4 N–H and O–H groups in total. The van der Waals surface area contributed by atoms with Gasteiger partial charge in [-0.25, -0.2) is 4.99 Å². The van der Waals surface area contributed by atoms with Crippen molar-refractivity contribution in [2.24, 2.45) is 10.7 Å². The van der Waals surface area contributed by atoms with Crippen LogP contribution in [0, 0.1) is 6.92 Å². The van der Waals surface area contributed by atoms with Gasteiger partial charge in [0, 0.05) is 11.6 Å². The number of nitrogens with zero attached hydrogens (tertiary/aromatic N) is 2. The van der Waals surface area contributed by atoms with Gasteiger partial charge in [0.15, 0.2) is 0 Å². The van der Waals surface area contributed by atoms with Gasteiger partial charge in [-0.3, -0.25) is 15.2 Å². The van der Waals surface area contributed by atoms with E-state index < -0.39 is 0 Å². The Labute approximate surface area is 119 Å². The number of fused-ring (bicyclic) bond motifs is 1. The number of H-pyrrole nitrogens is 1. The third-order valence-corrected chi connectivity index (χ3v) is 2.87. The highest BCUT2D eigenvalue weighted by Gasteiger charge is 2.08. The molecule has 2 aromatic heterocycles. The maximum Gasteiger partial charge on any atom is 0.261 e. The van der Waals surface area contributed by atoms with Crippen molar-refractivity contribution in [3.05, 3.63) is 48.0 Å². The summed E-state index contributed by atoms with van der Waals surface area (Å²) in [6, 6.07) is 7.33. The molecule has 0 unspecified atom stereocenters. The molecule has 0 atom stereocenters. The Kier molecular flexibility index (Phi) is 3.15. The summed E-state index contributed by atoms with van der Waals surface area (Å²) >= 11 is 0. The van der Waals surface area contributed by atoms with Gasteiger partial charge in [-0.05, 0) is 31.2 Å². The van der Waals surface area contributed by atoms with Crippen molar-refractivity contribution in [2.45, 2.75) is 6.92 Å². The number of amides is 1. The number of aryl methyl sites for hydroxylation is 1. The van der Waals surface area contributed by atoms with Gasteiger partial charge in [0.2, 0.25) is 5.96 Å². The molecule has 0 aliphatic carbocycles. The van der Waals surface area contributed by atoms with Crippen molar-refractivity contribution in [3.8, 4) is 0 Å². The molecular formula is C14H13N5O2. The number of guanidine groups is 1. The smallest absolute Gasteiger partial charge is 0.261 e. The molecule has 21 heavy (non-hydrogen) atoms. The minimum atomic E-state index is -0.370. The molecule has 1 aromatic carbocycles. The predicted octanol–water partition coefficient (Wildman–Crippen LogP) is 1.84. The lowest BCUT2D eigenvalue weighted by Gasteiger charge is -2.02. The second kappa shape index (κ2) is 5.12. The van der Waals surface area contributed by atoms with E-state index in [9.17, 15) is 4.79 Å². The number of aromatic amines is 1. The molecule has 7 heteroatoms. The SMILES string of the molecule is Cc1cc2cc(N=C(N)NC(=O)c3cn[nH]c3)ccc2o1. The number of aliphatic imine (C=N–C) groups is 1. The summed E-state index contributed by atoms with van der Waals surface area (Å²) in [5, 5.41) is 9.67. The standard InChI is InChI=1S/C14H13N5O2/c1-8-4-9-5-11(2-3-12(9)21-8)18-14(15)19-13(20)10-6-16-17-7-10/h2-7H,1H3,(H,16,17)(H3,15,18,19,20). The molecule has 0 aliphatic heterocycles. The molecule has 7 nitrogen and oxygen atoms in total. The Balaban J connectivity index is 1.80. The van der Waals surface area contributed by atoms with Gasteiger partial charge in [-0.2, -0.15) is 5.10 Å². The summed E-state index contributed by atoms with van der Waals surface area (Å²) in [5.41, 5.74) is 7.53. The Bertz CT molecular complexity index is 817. The molecule has 0 bridgehead atoms. The number of nitrogens with one attached hydrogen (secondary N) is 2. The lowest BCUT2D eigenvalue weighted by molar-refractivity contribution is 0.0977. The number of hydrogen-bond acceptors (Lipinski definition) is 4. The first kappa shape index (κ1) is 12.9. The van der Waals surface area contributed by atoms with Crippen LogP contribution in [0.2, 0.25) is 0 Å². The first-order valence-corrected chi connectivity index (χ1v) is 6.26. The average Bonchev–Trinajstić information content (AvgIpc) is 3.05. The van der Waals surface area contributed by atoms with Crippen molar-refractivity contribution < 1.29 is 9.21 Å². The summed E-state index contributed by atoms with van der Waals surface area (Å²) < 4.78 is 5.48. The molecule has 0 fully saturated rings. The first-order chi connectivity index (χ1) is 10.1. The third kappa shape index (κ3) is 2.76. The van der Waals surface area contributed by atoms with Crippen LogP contribution in [0.15, 0.2) is 46.1 Å². The van der Waals surface area contributed by atoms with E-state index in [4.69, 9.17) is 10.2 Å². The van der Waals surface area contributed by atoms with Crippen molar-refractivity contribution in [2.75, 3.05) is 0 Å². The molecule has 106 valence electrons. The first-order valence-electron chi connectivity index (χ1n) is 6.26. The van der Waals surface area contributed by atoms with Gasteiger partial charge in [-0.15, -0.1) is 0 Å². The van der Waals surface area contributed by atoms with E-state index in [1.54, 1.807) is 6.07 Å². The monoisotopic (exact) mass is 283 g/mol. The number of hydrogen-bond donors (Lipinski definition) is 3. The molecule has 2 heterocycles. The highest BCUT2D eigenvalue weighted by Crippen LogP contribution is 2.24. The minimum absolute atomic E-state index is 0.0146. The van der Waals surface area contributed by atoms with Gasteiger partial charge >= 0.3 is 0 Å². The van der Waals surface area contributed by atoms with E-state index in [2.05, 4.69) is 20.5 Å². The third-order valence-electron chi connectivity index (χ3n) is 2.87. The van der Waals surface area contributed by atoms with Gasteiger partial charge in [0.25, 0.3) is 5.91 Å². The lowest BCUT2D eigenvalue weighted by Crippen LogP contribution is -2.36. The fraction of sp³-hybridized carbons (Fsp3) is 0.0714. The van der Waals surface area contributed by atoms with E-state index in [0.717, 1.165) is 16.7 Å². The maximum absolute atomic E-state index is 11.8. The largest absolute Gasteiger partial charge is 0.461 e. The molecule has 0 saturated carbocycles. The Hall–Kier alpha value is -3.09. The average molecular weight is 283 g/mol. The fourth-order valence-corrected chi connectivity index (χ4v) is 1.96. The summed E-state index contributed by atoms with van der Waals surface area (Å²) in [6.45, 7) is 1.88. The van der Waals surface area contributed by atoms with E-state index in [1.165, 1.54) is 12.4 Å². The summed E-state index contributed by atoms with van der Waals surface area (Å²) in [4.78, 5) is 15.9. The Morgan fingerprint density at radius 2 is 2.29 bits per heavy atom. The zero-order valence-electron chi connectivity index (χ0n) is 11.3. The quantitative estimate of drug-likeness (QED) is 0.492. The van der Waals surface area contributed by atoms with Gasteiger partial charge in [-0.1, -0.05) is 0 Å². The second-order valence-corrected chi connectivity index (χ2v) is 4.52. The maximum atomic E-state index is 11.8. The minimum Gasteiger partial charge on any atom is -0.461 e. The highest BCUT2D eigenvalue weighted by atomic mass is 16.3. The van der Waals surface area contributed by atoms with Crippen LogP contribution in [0.4, 0.5) is 5.69 Å². The van der Waals surface area contributed by atoms with Crippen LogP contribution in [0.5, 0.6) is 0 Å². The molecule has 3 rings (SSSR count). The normalized spacial score (nSPS) is 11.8. The van der Waals surface area contributed by atoms with Crippen molar-refractivity contribution >= 4 is 28.5 Å². The molecule has 1 amide bonds. The predicted molar refractivity (Wildman–Crippen MR) is 78.3 cm³/mol. The topological polar surface area (TPSA) is 109 Å². The summed E-state index contributed by atoms with van der Waals surface area (Å²) in [6.07, 6.45) is 2.88. The van der Waals surface area contributed by atoms with Crippen LogP contribution in [0.3, 0.4) is 0 Å². The zero-order valence-corrected chi connectivity index (χ0v) is 11.3. The number of benzene rings is 1. The Morgan fingerprint density at radius 1 is 1.43 bits per heavy atom.